The summed E-state index contributed by atoms with van der Waals surface area (Å²) in [6, 6.07) is 5.57. The van der Waals surface area contributed by atoms with Crippen molar-refractivity contribution in [3.8, 4) is 0 Å². The molecule has 0 radical (unpaired) electrons. The highest BCUT2D eigenvalue weighted by Gasteiger charge is 2.23. The molecular formula is C22H25ClN6O2. The molecule has 31 heavy (non-hydrogen) atoms. The number of tetrazole rings is 1. The SMILES string of the molecule is Cc1nnn(Cc2cc(Cl)ccc2/C=C/C(=O)N2CCC(Cc3ncc(C)o3)CC2)n1. The molecule has 3 aromatic rings. The number of aryl methyl sites for hydroxylation is 2. The molecule has 1 aliphatic rings. The molecule has 1 amide bonds. The maximum Gasteiger partial charge on any atom is 0.246 e. The van der Waals surface area contributed by atoms with Crippen molar-refractivity contribution in [2.75, 3.05) is 13.1 Å². The zero-order valence-corrected chi connectivity index (χ0v) is 18.4. The summed E-state index contributed by atoms with van der Waals surface area (Å²) in [5.41, 5.74) is 1.83. The summed E-state index contributed by atoms with van der Waals surface area (Å²) >= 11 is 6.17. The zero-order valence-electron chi connectivity index (χ0n) is 17.7. The summed E-state index contributed by atoms with van der Waals surface area (Å²) in [4.78, 5) is 20.4. The van der Waals surface area contributed by atoms with Crippen LogP contribution in [-0.4, -0.2) is 49.1 Å². The highest BCUT2D eigenvalue weighted by Crippen LogP contribution is 2.23. The molecule has 3 heterocycles. The van der Waals surface area contributed by atoms with E-state index in [0.29, 0.717) is 23.3 Å². The van der Waals surface area contributed by atoms with Crippen LogP contribution in [0.4, 0.5) is 0 Å². The first kappa shape index (κ1) is 21.2. The van der Waals surface area contributed by atoms with Crippen molar-refractivity contribution in [1.29, 1.82) is 0 Å². The number of likely N-dealkylation sites (tertiary alicyclic amines) is 1. The minimum atomic E-state index is 0.0149. The Morgan fingerprint density at radius 1 is 1.29 bits per heavy atom. The molecule has 0 spiro atoms. The Labute approximate surface area is 185 Å². The second-order valence-corrected chi connectivity index (χ2v) is 8.32. The quantitative estimate of drug-likeness (QED) is 0.545. The van der Waals surface area contributed by atoms with Crippen LogP contribution >= 0.6 is 11.6 Å². The fourth-order valence-corrected chi connectivity index (χ4v) is 3.98. The van der Waals surface area contributed by atoms with Gasteiger partial charge >= 0.3 is 0 Å². The number of nitrogens with zero attached hydrogens (tertiary/aromatic N) is 6. The maximum atomic E-state index is 12.7. The Bertz CT molecular complexity index is 1080. The second-order valence-electron chi connectivity index (χ2n) is 7.88. The maximum absolute atomic E-state index is 12.7. The first-order valence-corrected chi connectivity index (χ1v) is 10.7. The van der Waals surface area contributed by atoms with Crippen LogP contribution in [0.1, 0.15) is 41.4 Å². The summed E-state index contributed by atoms with van der Waals surface area (Å²) in [5, 5.41) is 12.8. The third-order valence-electron chi connectivity index (χ3n) is 5.43. The van der Waals surface area contributed by atoms with E-state index in [1.165, 1.54) is 4.80 Å². The fraction of sp³-hybridized carbons (Fsp3) is 0.409. The molecule has 0 saturated carbocycles. The summed E-state index contributed by atoms with van der Waals surface area (Å²) in [6.07, 6.45) is 7.94. The molecule has 1 saturated heterocycles. The Hall–Kier alpha value is -3.00. The largest absolute Gasteiger partial charge is 0.446 e. The summed E-state index contributed by atoms with van der Waals surface area (Å²) < 4.78 is 5.58. The van der Waals surface area contributed by atoms with Gasteiger partial charge in [0.25, 0.3) is 0 Å². The van der Waals surface area contributed by atoms with E-state index in [9.17, 15) is 4.79 Å². The molecule has 1 aliphatic heterocycles. The van der Waals surface area contributed by atoms with Crippen molar-refractivity contribution in [2.45, 2.75) is 39.7 Å². The van der Waals surface area contributed by atoms with Gasteiger partial charge in [-0.15, -0.1) is 10.2 Å². The summed E-state index contributed by atoms with van der Waals surface area (Å²) in [7, 11) is 0. The third kappa shape index (κ3) is 5.58. The van der Waals surface area contributed by atoms with E-state index in [1.807, 2.05) is 36.1 Å². The highest BCUT2D eigenvalue weighted by molar-refractivity contribution is 6.30. The summed E-state index contributed by atoms with van der Waals surface area (Å²) in [6.45, 7) is 5.60. The van der Waals surface area contributed by atoms with Crippen LogP contribution in [0.15, 0.2) is 34.9 Å². The van der Waals surface area contributed by atoms with Crippen molar-refractivity contribution in [1.82, 2.24) is 30.1 Å². The van der Waals surface area contributed by atoms with Gasteiger partial charge in [0.15, 0.2) is 11.7 Å². The van der Waals surface area contributed by atoms with Gasteiger partial charge < -0.3 is 9.32 Å². The lowest BCUT2D eigenvalue weighted by Gasteiger charge is -2.30. The molecule has 0 aliphatic carbocycles. The standard InChI is InChI=1S/C22H25ClN6O2/c1-15-13-24-21(31-15)11-17-7-9-28(10-8-17)22(30)6-4-18-3-5-20(23)12-19(18)14-29-26-16(2)25-27-29/h3-6,12-13,17H,7-11,14H2,1-2H3/b6-4+. The van der Waals surface area contributed by atoms with Crippen molar-refractivity contribution >= 4 is 23.6 Å². The van der Waals surface area contributed by atoms with E-state index in [0.717, 1.165) is 55.1 Å². The van der Waals surface area contributed by atoms with E-state index < -0.39 is 0 Å². The van der Waals surface area contributed by atoms with E-state index in [1.54, 1.807) is 19.2 Å². The zero-order chi connectivity index (χ0) is 21.8. The average molecular weight is 441 g/mol. The number of hydrogen-bond acceptors (Lipinski definition) is 6. The molecule has 0 N–H and O–H groups in total. The summed E-state index contributed by atoms with van der Waals surface area (Å²) in [5.74, 6) is 2.74. The molecule has 1 aromatic carbocycles. The smallest absolute Gasteiger partial charge is 0.246 e. The molecule has 0 bridgehead atoms. The number of hydrogen-bond donors (Lipinski definition) is 0. The van der Waals surface area contributed by atoms with Crippen LogP contribution in [0.3, 0.4) is 0 Å². The minimum absolute atomic E-state index is 0.0149. The van der Waals surface area contributed by atoms with Crippen molar-refractivity contribution in [3.05, 3.63) is 64.1 Å². The first-order valence-electron chi connectivity index (χ1n) is 10.4. The van der Waals surface area contributed by atoms with E-state index in [-0.39, 0.29) is 5.91 Å². The van der Waals surface area contributed by atoms with Gasteiger partial charge in [-0.1, -0.05) is 17.7 Å². The fourth-order valence-electron chi connectivity index (χ4n) is 3.78. The molecule has 9 heteroatoms. The molecule has 0 unspecified atom stereocenters. The van der Waals surface area contributed by atoms with Crippen molar-refractivity contribution < 1.29 is 9.21 Å². The number of piperidine rings is 1. The van der Waals surface area contributed by atoms with Crippen LogP contribution < -0.4 is 0 Å². The lowest BCUT2D eigenvalue weighted by Crippen LogP contribution is -2.38. The van der Waals surface area contributed by atoms with Crippen molar-refractivity contribution in [3.63, 3.8) is 0 Å². The molecule has 8 nitrogen and oxygen atoms in total. The van der Waals surface area contributed by atoms with Crippen LogP contribution in [0.25, 0.3) is 6.08 Å². The van der Waals surface area contributed by atoms with Gasteiger partial charge in [0.2, 0.25) is 5.91 Å². The van der Waals surface area contributed by atoms with E-state index in [2.05, 4.69) is 20.4 Å². The number of carbonyl (C=O) groups is 1. The highest BCUT2D eigenvalue weighted by atomic mass is 35.5. The van der Waals surface area contributed by atoms with Gasteiger partial charge in [-0.25, -0.2) is 4.98 Å². The Morgan fingerprint density at radius 3 is 2.77 bits per heavy atom. The Kier molecular flexibility index (Phi) is 6.46. The number of carbonyl (C=O) groups excluding carboxylic acids is 1. The van der Waals surface area contributed by atoms with Gasteiger partial charge in [-0.05, 0) is 67.2 Å². The van der Waals surface area contributed by atoms with Gasteiger partial charge in [-0.3, -0.25) is 4.79 Å². The molecule has 1 fully saturated rings. The first-order chi connectivity index (χ1) is 15.0. The Balaban J connectivity index is 1.36. The lowest BCUT2D eigenvalue weighted by atomic mass is 9.93. The molecule has 4 rings (SSSR count). The predicted molar refractivity (Wildman–Crippen MR) is 116 cm³/mol. The molecule has 2 aromatic heterocycles. The molecular weight excluding hydrogens is 416 g/mol. The monoisotopic (exact) mass is 440 g/mol. The minimum Gasteiger partial charge on any atom is -0.446 e. The van der Waals surface area contributed by atoms with E-state index in [4.69, 9.17) is 16.0 Å². The Morgan fingerprint density at radius 2 is 2.10 bits per heavy atom. The van der Waals surface area contributed by atoms with Gasteiger partial charge in [0.1, 0.15) is 5.76 Å². The van der Waals surface area contributed by atoms with Gasteiger partial charge in [0, 0.05) is 30.6 Å². The second kappa shape index (κ2) is 9.43. The normalized spacial score (nSPS) is 15.1. The van der Waals surface area contributed by atoms with E-state index >= 15 is 0 Å². The molecule has 162 valence electrons. The third-order valence-corrected chi connectivity index (χ3v) is 5.67. The van der Waals surface area contributed by atoms with Crippen molar-refractivity contribution in [2.24, 2.45) is 5.92 Å². The van der Waals surface area contributed by atoms with Gasteiger partial charge in [0.05, 0.1) is 12.7 Å². The topological polar surface area (TPSA) is 89.9 Å². The molecule has 0 atom stereocenters. The number of amides is 1. The number of benzene rings is 1. The van der Waals surface area contributed by atoms with Crippen LogP contribution in [0.2, 0.25) is 5.02 Å². The number of aromatic nitrogens is 5. The number of rotatable bonds is 6. The predicted octanol–water partition coefficient (Wildman–Crippen LogP) is 3.47. The van der Waals surface area contributed by atoms with Crippen LogP contribution in [0, 0.1) is 19.8 Å². The average Bonchev–Trinajstić information content (AvgIpc) is 3.35. The van der Waals surface area contributed by atoms with Crippen LogP contribution in [0.5, 0.6) is 0 Å². The lowest BCUT2D eigenvalue weighted by molar-refractivity contribution is -0.127. The number of halogens is 1. The van der Waals surface area contributed by atoms with Crippen LogP contribution in [-0.2, 0) is 17.8 Å². The van der Waals surface area contributed by atoms with Gasteiger partial charge in [-0.2, -0.15) is 4.80 Å². The number of oxazole rings is 1.